The Hall–Kier alpha value is -2.53. The zero-order valence-corrected chi connectivity index (χ0v) is 15.2. The van der Waals surface area contributed by atoms with Crippen molar-refractivity contribution in [1.29, 1.82) is 0 Å². The summed E-state index contributed by atoms with van der Waals surface area (Å²) < 4.78 is 2.21. The van der Waals surface area contributed by atoms with Crippen molar-refractivity contribution in [2.45, 2.75) is 20.0 Å². The molecule has 25 heavy (non-hydrogen) atoms. The molecule has 0 bridgehead atoms. The van der Waals surface area contributed by atoms with Crippen LogP contribution in [0.4, 0.5) is 0 Å². The number of rotatable bonds is 5. The van der Waals surface area contributed by atoms with Gasteiger partial charge in [0.2, 0.25) is 0 Å². The molecule has 0 radical (unpaired) electrons. The summed E-state index contributed by atoms with van der Waals surface area (Å²) in [6.45, 7) is 4.29. The van der Waals surface area contributed by atoms with Crippen LogP contribution in [0.25, 0.3) is 11.0 Å². The smallest absolute Gasteiger partial charge is 0.191 e. The lowest BCUT2D eigenvalue weighted by molar-refractivity contribution is 0.660. The van der Waals surface area contributed by atoms with E-state index < -0.39 is 0 Å². The highest BCUT2D eigenvalue weighted by Crippen LogP contribution is 2.14. The zero-order chi connectivity index (χ0) is 17.6. The van der Waals surface area contributed by atoms with Crippen molar-refractivity contribution in [3.8, 4) is 0 Å². The Balaban J connectivity index is 1.55. The van der Waals surface area contributed by atoms with E-state index in [0.29, 0.717) is 6.54 Å². The van der Waals surface area contributed by atoms with E-state index in [2.05, 4.69) is 31.2 Å². The largest absolute Gasteiger partial charge is 0.355 e. The van der Waals surface area contributed by atoms with E-state index in [4.69, 9.17) is 11.6 Å². The number of aryl methyl sites for hydroxylation is 1. The Labute approximate surface area is 152 Å². The fourth-order valence-corrected chi connectivity index (χ4v) is 3.03. The molecule has 0 spiro atoms. The topological polar surface area (TPSA) is 54.2 Å². The van der Waals surface area contributed by atoms with Crippen LogP contribution in [0, 0.1) is 6.92 Å². The van der Waals surface area contributed by atoms with Crippen LogP contribution in [0.15, 0.2) is 53.5 Å². The molecule has 0 fully saturated rings. The van der Waals surface area contributed by atoms with E-state index in [9.17, 15) is 0 Å². The maximum atomic E-state index is 6.01. The first kappa shape index (κ1) is 17.3. The Bertz CT molecular complexity index is 884. The van der Waals surface area contributed by atoms with E-state index >= 15 is 0 Å². The van der Waals surface area contributed by atoms with Gasteiger partial charge in [-0.2, -0.15) is 0 Å². The molecule has 0 atom stereocenters. The van der Waals surface area contributed by atoms with Crippen LogP contribution in [0.2, 0.25) is 5.02 Å². The van der Waals surface area contributed by atoms with Gasteiger partial charge in [0.05, 0.1) is 11.0 Å². The molecular formula is C19H22ClN5. The second-order valence-corrected chi connectivity index (χ2v) is 6.22. The molecule has 5 nitrogen and oxygen atoms in total. The summed E-state index contributed by atoms with van der Waals surface area (Å²) in [4.78, 5) is 8.86. The highest BCUT2D eigenvalue weighted by molar-refractivity contribution is 6.30. The second kappa shape index (κ2) is 8.03. The summed E-state index contributed by atoms with van der Waals surface area (Å²) in [5.41, 5.74) is 3.30. The van der Waals surface area contributed by atoms with Crippen molar-refractivity contribution in [1.82, 2.24) is 20.2 Å². The molecule has 0 amide bonds. The fraction of sp³-hybridized carbons (Fsp3) is 0.263. The second-order valence-electron chi connectivity index (χ2n) is 5.78. The molecule has 0 aliphatic carbocycles. The lowest BCUT2D eigenvalue weighted by Crippen LogP contribution is -2.38. The van der Waals surface area contributed by atoms with Crippen molar-refractivity contribution in [3.05, 3.63) is 64.9 Å². The van der Waals surface area contributed by atoms with Crippen LogP contribution < -0.4 is 10.6 Å². The third-order valence-corrected chi connectivity index (χ3v) is 4.28. The summed E-state index contributed by atoms with van der Waals surface area (Å²) in [5, 5.41) is 7.38. The fourth-order valence-electron chi connectivity index (χ4n) is 2.82. The van der Waals surface area contributed by atoms with Gasteiger partial charge >= 0.3 is 0 Å². The van der Waals surface area contributed by atoms with Gasteiger partial charge in [-0.3, -0.25) is 4.99 Å². The summed E-state index contributed by atoms with van der Waals surface area (Å²) >= 11 is 6.01. The van der Waals surface area contributed by atoms with Gasteiger partial charge < -0.3 is 15.2 Å². The number of hydrogen-bond acceptors (Lipinski definition) is 2. The van der Waals surface area contributed by atoms with Crippen LogP contribution >= 0.6 is 11.6 Å². The molecule has 0 aliphatic rings. The number of imidazole rings is 1. The average molecular weight is 356 g/mol. The number of guanidine groups is 1. The van der Waals surface area contributed by atoms with Gasteiger partial charge in [0.15, 0.2) is 5.96 Å². The molecule has 6 heteroatoms. The monoisotopic (exact) mass is 355 g/mol. The van der Waals surface area contributed by atoms with E-state index in [-0.39, 0.29) is 0 Å². The van der Waals surface area contributed by atoms with Crippen molar-refractivity contribution in [2.24, 2.45) is 4.99 Å². The van der Waals surface area contributed by atoms with E-state index in [1.807, 2.05) is 49.4 Å². The average Bonchev–Trinajstić information content (AvgIpc) is 2.93. The lowest BCUT2D eigenvalue weighted by Gasteiger charge is -2.13. The Morgan fingerprint density at radius 1 is 1.16 bits per heavy atom. The molecule has 2 aromatic carbocycles. The van der Waals surface area contributed by atoms with Gasteiger partial charge in [0.25, 0.3) is 0 Å². The van der Waals surface area contributed by atoms with Gasteiger partial charge in [-0.1, -0.05) is 35.9 Å². The Morgan fingerprint density at radius 2 is 2.00 bits per heavy atom. The molecule has 130 valence electrons. The summed E-state index contributed by atoms with van der Waals surface area (Å²) in [6, 6.07) is 16.0. The first-order chi connectivity index (χ1) is 12.2. The number of hydrogen-bond donors (Lipinski definition) is 2. The normalized spacial score (nSPS) is 11.7. The number of para-hydroxylation sites is 2. The van der Waals surface area contributed by atoms with Crippen molar-refractivity contribution in [3.63, 3.8) is 0 Å². The van der Waals surface area contributed by atoms with Crippen molar-refractivity contribution >= 4 is 28.6 Å². The van der Waals surface area contributed by atoms with Gasteiger partial charge in [0, 0.05) is 31.7 Å². The van der Waals surface area contributed by atoms with Crippen LogP contribution in [0.1, 0.15) is 11.4 Å². The number of benzene rings is 2. The van der Waals surface area contributed by atoms with E-state index in [1.54, 1.807) is 7.05 Å². The molecule has 0 saturated carbocycles. The van der Waals surface area contributed by atoms with Crippen LogP contribution in [-0.4, -0.2) is 29.1 Å². The minimum Gasteiger partial charge on any atom is -0.355 e. The molecule has 1 heterocycles. The molecule has 3 rings (SSSR count). The number of aromatic nitrogens is 2. The predicted molar refractivity (Wildman–Crippen MR) is 104 cm³/mol. The summed E-state index contributed by atoms with van der Waals surface area (Å²) in [7, 11) is 1.77. The van der Waals surface area contributed by atoms with Gasteiger partial charge in [-0.25, -0.2) is 4.98 Å². The number of nitrogens with zero attached hydrogens (tertiary/aromatic N) is 3. The minimum atomic E-state index is 0.674. The van der Waals surface area contributed by atoms with Crippen LogP contribution in [-0.2, 0) is 13.1 Å². The number of halogens is 1. The van der Waals surface area contributed by atoms with Crippen LogP contribution in [0.5, 0.6) is 0 Å². The quantitative estimate of drug-likeness (QED) is 0.545. The molecule has 1 aromatic heterocycles. The lowest BCUT2D eigenvalue weighted by atomic mass is 10.2. The van der Waals surface area contributed by atoms with Gasteiger partial charge in [-0.15, -0.1) is 0 Å². The summed E-state index contributed by atoms with van der Waals surface area (Å²) in [5.74, 6) is 1.78. The third-order valence-electron chi connectivity index (χ3n) is 4.05. The molecule has 2 N–H and O–H groups in total. The number of nitrogens with one attached hydrogen (secondary N) is 2. The highest BCUT2D eigenvalue weighted by Gasteiger charge is 2.06. The zero-order valence-electron chi connectivity index (χ0n) is 14.5. The minimum absolute atomic E-state index is 0.674. The highest BCUT2D eigenvalue weighted by atomic mass is 35.5. The first-order valence-corrected chi connectivity index (χ1v) is 8.66. The molecule has 0 unspecified atom stereocenters. The molecule has 3 aromatic rings. The molecular weight excluding hydrogens is 334 g/mol. The third kappa shape index (κ3) is 4.31. The van der Waals surface area contributed by atoms with E-state index in [1.165, 1.54) is 0 Å². The Morgan fingerprint density at radius 3 is 2.80 bits per heavy atom. The SMILES string of the molecule is CN=C(NCCn1c(C)nc2ccccc21)NCc1cccc(Cl)c1. The maximum Gasteiger partial charge on any atom is 0.191 e. The molecule has 0 aliphatic heterocycles. The van der Waals surface area contributed by atoms with E-state index in [0.717, 1.165) is 46.5 Å². The number of fused-ring (bicyclic) bond motifs is 1. The first-order valence-electron chi connectivity index (χ1n) is 8.28. The van der Waals surface area contributed by atoms with Gasteiger partial charge in [0.1, 0.15) is 5.82 Å². The maximum absolute atomic E-state index is 6.01. The Kier molecular flexibility index (Phi) is 5.56. The molecule has 0 saturated heterocycles. The predicted octanol–water partition coefficient (Wildman–Crippen LogP) is 3.36. The van der Waals surface area contributed by atoms with Crippen molar-refractivity contribution in [2.75, 3.05) is 13.6 Å². The number of aliphatic imine (C=N–C) groups is 1. The summed E-state index contributed by atoms with van der Waals surface area (Å²) in [6.07, 6.45) is 0. The van der Waals surface area contributed by atoms with Crippen molar-refractivity contribution < 1.29 is 0 Å². The standard InChI is InChI=1S/C19H22ClN5/c1-14-24-17-8-3-4-9-18(17)25(14)11-10-22-19(21-2)23-13-15-6-5-7-16(20)12-15/h3-9,12H,10-11,13H2,1-2H3,(H2,21,22,23). The van der Waals surface area contributed by atoms with Gasteiger partial charge in [-0.05, 0) is 36.8 Å². The van der Waals surface area contributed by atoms with Crippen LogP contribution in [0.3, 0.4) is 0 Å².